The molecule has 0 saturated heterocycles. The molecule has 0 amide bonds. The molecule has 1 aromatic heterocycles. The van der Waals surface area contributed by atoms with Gasteiger partial charge in [0.05, 0.1) is 24.9 Å². The van der Waals surface area contributed by atoms with Crippen molar-refractivity contribution in [1.82, 2.24) is 10.5 Å². The van der Waals surface area contributed by atoms with E-state index in [0.717, 1.165) is 21.5 Å². The molecule has 0 bridgehead atoms. The number of halogens is 1. The zero-order valence-corrected chi connectivity index (χ0v) is 12.9. The predicted molar refractivity (Wildman–Crippen MR) is 77.3 cm³/mol. The zero-order chi connectivity index (χ0) is 14.5. The number of carbonyl (C=O) groups is 1. The predicted octanol–water partition coefficient (Wildman–Crippen LogP) is 2.82. The highest BCUT2D eigenvalue weighted by Gasteiger charge is 2.08. The lowest BCUT2D eigenvalue weighted by Gasteiger charge is -2.07. The van der Waals surface area contributed by atoms with Crippen molar-refractivity contribution < 1.29 is 14.1 Å². The third-order valence-electron chi connectivity index (χ3n) is 2.77. The van der Waals surface area contributed by atoms with Gasteiger partial charge in [0, 0.05) is 17.1 Å². The Hall–Kier alpha value is -1.66. The van der Waals surface area contributed by atoms with Crippen LogP contribution in [0.3, 0.4) is 0 Å². The fourth-order valence-corrected chi connectivity index (χ4v) is 2.27. The van der Waals surface area contributed by atoms with Crippen LogP contribution in [0, 0.1) is 6.92 Å². The number of nitrogens with zero attached hydrogens (tertiary/aromatic N) is 1. The highest BCUT2D eigenvalue weighted by molar-refractivity contribution is 9.10. The maximum absolute atomic E-state index is 11.4. The minimum absolute atomic E-state index is 0.345. The number of esters is 1. The molecule has 20 heavy (non-hydrogen) atoms. The first kappa shape index (κ1) is 14.7. The number of aromatic nitrogens is 1. The van der Waals surface area contributed by atoms with Crippen LogP contribution in [0.4, 0.5) is 0 Å². The summed E-state index contributed by atoms with van der Waals surface area (Å²) in [5, 5.41) is 7.08. The standard InChI is InChI=1S/C14H15BrN2O3/c1-9-5-12(20-17-9)8-16-7-11-4-3-10(6-13(11)15)14(18)19-2/h3-6,16H,7-8H2,1-2H3. The first-order valence-electron chi connectivity index (χ1n) is 6.10. The van der Waals surface area contributed by atoms with Gasteiger partial charge in [-0.15, -0.1) is 0 Å². The Labute approximate surface area is 125 Å². The van der Waals surface area contributed by atoms with E-state index in [9.17, 15) is 4.79 Å². The molecule has 2 rings (SSSR count). The summed E-state index contributed by atoms with van der Waals surface area (Å²) in [7, 11) is 1.37. The molecule has 1 aromatic carbocycles. The van der Waals surface area contributed by atoms with Crippen LogP contribution < -0.4 is 5.32 Å². The highest BCUT2D eigenvalue weighted by Crippen LogP contribution is 2.19. The van der Waals surface area contributed by atoms with Crippen LogP contribution in [0.2, 0.25) is 0 Å². The second-order valence-electron chi connectivity index (χ2n) is 4.34. The molecule has 106 valence electrons. The zero-order valence-electron chi connectivity index (χ0n) is 11.3. The van der Waals surface area contributed by atoms with Gasteiger partial charge >= 0.3 is 5.97 Å². The van der Waals surface area contributed by atoms with Crippen molar-refractivity contribution in [2.24, 2.45) is 0 Å². The van der Waals surface area contributed by atoms with Gasteiger partial charge in [-0.3, -0.25) is 0 Å². The maximum Gasteiger partial charge on any atom is 0.337 e. The number of hydrogen-bond donors (Lipinski definition) is 1. The molecule has 0 saturated carbocycles. The molecule has 1 heterocycles. The third kappa shape index (κ3) is 3.68. The third-order valence-corrected chi connectivity index (χ3v) is 3.50. The normalized spacial score (nSPS) is 10.6. The number of nitrogens with one attached hydrogen (secondary N) is 1. The number of ether oxygens (including phenoxy) is 1. The summed E-state index contributed by atoms with van der Waals surface area (Å²) in [5.74, 6) is 0.451. The minimum atomic E-state index is -0.345. The number of carbonyl (C=O) groups excluding carboxylic acids is 1. The summed E-state index contributed by atoms with van der Waals surface area (Å²) < 4.78 is 10.7. The monoisotopic (exact) mass is 338 g/mol. The van der Waals surface area contributed by atoms with Gasteiger partial charge in [0.15, 0.2) is 5.76 Å². The summed E-state index contributed by atoms with van der Waals surface area (Å²) in [6, 6.07) is 7.27. The van der Waals surface area contributed by atoms with E-state index in [0.29, 0.717) is 18.7 Å². The van der Waals surface area contributed by atoms with E-state index in [1.165, 1.54) is 7.11 Å². The quantitative estimate of drug-likeness (QED) is 0.849. The van der Waals surface area contributed by atoms with Crippen molar-refractivity contribution in [3.63, 3.8) is 0 Å². The Morgan fingerprint density at radius 3 is 2.80 bits per heavy atom. The largest absolute Gasteiger partial charge is 0.465 e. The van der Waals surface area contributed by atoms with Gasteiger partial charge in [0.2, 0.25) is 0 Å². The first-order valence-corrected chi connectivity index (χ1v) is 6.89. The molecule has 1 N–H and O–H groups in total. The van der Waals surface area contributed by atoms with Crippen molar-refractivity contribution in [1.29, 1.82) is 0 Å². The molecule has 0 spiro atoms. The van der Waals surface area contributed by atoms with E-state index in [-0.39, 0.29) is 5.97 Å². The Balaban J connectivity index is 1.94. The van der Waals surface area contributed by atoms with Crippen LogP contribution in [0.5, 0.6) is 0 Å². The minimum Gasteiger partial charge on any atom is -0.465 e. The molecule has 0 aliphatic rings. The number of rotatable bonds is 5. The smallest absolute Gasteiger partial charge is 0.337 e. The van der Waals surface area contributed by atoms with E-state index >= 15 is 0 Å². The maximum atomic E-state index is 11.4. The Morgan fingerprint density at radius 2 is 2.20 bits per heavy atom. The fourth-order valence-electron chi connectivity index (χ4n) is 1.76. The average molecular weight is 339 g/mol. The SMILES string of the molecule is COC(=O)c1ccc(CNCc2cc(C)no2)c(Br)c1. The molecule has 0 atom stereocenters. The molecule has 5 nitrogen and oxygen atoms in total. The summed E-state index contributed by atoms with van der Waals surface area (Å²) in [5.41, 5.74) is 2.44. The Morgan fingerprint density at radius 1 is 1.40 bits per heavy atom. The number of hydrogen-bond acceptors (Lipinski definition) is 5. The van der Waals surface area contributed by atoms with Crippen molar-refractivity contribution in [3.05, 3.63) is 51.3 Å². The van der Waals surface area contributed by atoms with Gasteiger partial charge in [0.25, 0.3) is 0 Å². The van der Waals surface area contributed by atoms with E-state index < -0.39 is 0 Å². The Bertz CT molecular complexity index is 610. The van der Waals surface area contributed by atoms with Crippen LogP contribution in [0.25, 0.3) is 0 Å². The molecule has 2 aromatic rings. The molecular formula is C14H15BrN2O3. The van der Waals surface area contributed by atoms with Crippen LogP contribution in [-0.4, -0.2) is 18.2 Å². The van der Waals surface area contributed by atoms with Gasteiger partial charge in [-0.05, 0) is 24.6 Å². The van der Waals surface area contributed by atoms with E-state index in [2.05, 4.69) is 31.1 Å². The molecular weight excluding hydrogens is 324 g/mol. The summed E-state index contributed by atoms with van der Waals surface area (Å²) in [4.78, 5) is 11.4. The van der Waals surface area contributed by atoms with Crippen LogP contribution in [0.1, 0.15) is 27.4 Å². The Kier molecular flexibility index (Phi) is 4.92. The summed E-state index contributed by atoms with van der Waals surface area (Å²) in [6.07, 6.45) is 0. The van der Waals surface area contributed by atoms with Crippen LogP contribution in [-0.2, 0) is 17.8 Å². The van der Waals surface area contributed by atoms with Gasteiger partial charge in [0.1, 0.15) is 0 Å². The lowest BCUT2D eigenvalue weighted by molar-refractivity contribution is 0.0600. The fraction of sp³-hybridized carbons (Fsp3) is 0.286. The van der Waals surface area contributed by atoms with Crippen molar-refractivity contribution in [2.45, 2.75) is 20.0 Å². The van der Waals surface area contributed by atoms with Crippen molar-refractivity contribution in [3.8, 4) is 0 Å². The van der Waals surface area contributed by atoms with Gasteiger partial charge in [-0.2, -0.15) is 0 Å². The molecule has 0 radical (unpaired) electrons. The molecule has 0 fully saturated rings. The molecule has 0 aliphatic heterocycles. The van der Waals surface area contributed by atoms with Gasteiger partial charge in [-0.25, -0.2) is 4.79 Å². The average Bonchev–Trinajstić information content (AvgIpc) is 2.85. The highest BCUT2D eigenvalue weighted by atomic mass is 79.9. The van der Waals surface area contributed by atoms with Crippen molar-refractivity contribution in [2.75, 3.05) is 7.11 Å². The lowest BCUT2D eigenvalue weighted by Crippen LogP contribution is -2.13. The van der Waals surface area contributed by atoms with E-state index in [4.69, 9.17) is 4.52 Å². The van der Waals surface area contributed by atoms with Gasteiger partial charge in [-0.1, -0.05) is 27.2 Å². The number of aryl methyl sites for hydroxylation is 1. The van der Waals surface area contributed by atoms with Crippen LogP contribution in [0.15, 0.2) is 33.3 Å². The second-order valence-corrected chi connectivity index (χ2v) is 5.19. The molecule has 6 heteroatoms. The summed E-state index contributed by atoms with van der Waals surface area (Å²) >= 11 is 3.45. The van der Waals surface area contributed by atoms with E-state index in [1.807, 2.05) is 19.1 Å². The van der Waals surface area contributed by atoms with Crippen LogP contribution >= 0.6 is 15.9 Å². The molecule has 0 unspecified atom stereocenters. The first-order chi connectivity index (χ1) is 9.60. The van der Waals surface area contributed by atoms with Gasteiger partial charge < -0.3 is 14.6 Å². The number of methoxy groups -OCH3 is 1. The van der Waals surface area contributed by atoms with E-state index in [1.54, 1.807) is 12.1 Å². The van der Waals surface area contributed by atoms with Crippen molar-refractivity contribution >= 4 is 21.9 Å². The second kappa shape index (κ2) is 6.67. The summed E-state index contributed by atoms with van der Waals surface area (Å²) in [6.45, 7) is 3.14. The molecule has 0 aliphatic carbocycles. The topological polar surface area (TPSA) is 64.4 Å². The lowest BCUT2D eigenvalue weighted by atomic mass is 10.1. The number of benzene rings is 1.